The van der Waals surface area contributed by atoms with Gasteiger partial charge in [0.1, 0.15) is 18.1 Å². The Kier molecular flexibility index (Phi) is 11.2. The summed E-state index contributed by atoms with van der Waals surface area (Å²) >= 11 is 0. The standard InChI is InChI=1S/C34H41N9O5/c35-12-6-5-11-28(34(47)48)41-32(45)29(14-21-17-39-27-10-4-2-8-24(21)27)43-33(46)30(15-22-18-37-19-40-22)42-31(44)25(36)13-20-16-38-26-9-3-1-7-23(20)26/h1-4,7-10,16-19,25,28-30,38-39H,5-6,11-15,35-36H2,(H,37,40)(H,41,45)(H,42,44)(H,43,46)(H,47,48). The molecule has 4 unspecified atom stereocenters. The summed E-state index contributed by atoms with van der Waals surface area (Å²) in [6, 6.07) is 10.7. The molecule has 14 nitrogen and oxygen atoms in total. The van der Waals surface area contributed by atoms with Gasteiger partial charge in [-0.15, -0.1) is 0 Å². The third-order valence-electron chi connectivity index (χ3n) is 8.36. The van der Waals surface area contributed by atoms with Crippen LogP contribution in [0.4, 0.5) is 0 Å². The Morgan fingerprint density at radius 1 is 0.729 bits per heavy atom. The van der Waals surface area contributed by atoms with Crippen molar-refractivity contribution in [3.8, 4) is 0 Å². The molecule has 5 aromatic rings. The van der Waals surface area contributed by atoms with Crippen molar-refractivity contribution < 1.29 is 24.3 Å². The first-order chi connectivity index (χ1) is 23.2. The highest BCUT2D eigenvalue weighted by molar-refractivity contribution is 5.95. The Morgan fingerprint density at radius 3 is 1.88 bits per heavy atom. The summed E-state index contributed by atoms with van der Waals surface area (Å²) in [6.45, 7) is 0.397. The fourth-order valence-electron chi connectivity index (χ4n) is 5.76. The summed E-state index contributed by atoms with van der Waals surface area (Å²) < 4.78 is 0. The zero-order valence-corrected chi connectivity index (χ0v) is 26.4. The van der Waals surface area contributed by atoms with Crippen LogP contribution in [0, 0.1) is 0 Å². The number of carboxylic acids is 1. The number of carboxylic acid groups (broad SMARTS) is 1. The van der Waals surface area contributed by atoms with Gasteiger partial charge < -0.3 is 47.5 Å². The van der Waals surface area contributed by atoms with Crippen molar-refractivity contribution in [2.45, 2.75) is 62.7 Å². The zero-order valence-electron chi connectivity index (χ0n) is 26.4. The highest BCUT2D eigenvalue weighted by Crippen LogP contribution is 2.20. The SMILES string of the molecule is NCCCCC(NC(=O)C(Cc1c[nH]c2ccccc12)NC(=O)C(Cc1cnc[nH]1)NC(=O)C(N)Cc1c[nH]c2ccccc12)C(=O)O. The van der Waals surface area contributed by atoms with Gasteiger partial charge in [0.25, 0.3) is 0 Å². The number of aromatic amines is 3. The molecule has 0 radical (unpaired) electrons. The van der Waals surface area contributed by atoms with E-state index in [-0.39, 0.29) is 25.7 Å². The lowest BCUT2D eigenvalue weighted by Crippen LogP contribution is -2.58. The predicted octanol–water partition coefficient (Wildman–Crippen LogP) is 1.40. The normalized spacial score (nSPS) is 13.9. The average Bonchev–Trinajstić information content (AvgIpc) is 3.84. The molecule has 4 atom stereocenters. The van der Waals surface area contributed by atoms with Crippen LogP contribution in [0.1, 0.15) is 36.1 Å². The molecule has 3 heterocycles. The number of benzene rings is 2. The number of imidazole rings is 1. The van der Waals surface area contributed by atoms with Gasteiger partial charge in [-0.05, 0) is 55.5 Å². The number of aromatic nitrogens is 4. The number of amides is 3. The molecule has 252 valence electrons. The van der Waals surface area contributed by atoms with Crippen LogP contribution in [-0.4, -0.2) is 79.4 Å². The van der Waals surface area contributed by atoms with Gasteiger partial charge in [0.2, 0.25) is 17.7 Å². The summed E-state index contributed by atoms with van der Waals surface area (Å²) in [5.74, 6) is -3.06. The fourth-order valence-corrected chi connectivity index (χ4v) is 5.76. The van der Waals surface area contributed by atoms with E-state index in [0.29, 0.717) is 25.1 Å². The molecule has 11 N–H and O–H groups in total. The molecule has 0 aliphatic carbocycles. The number of unbranched alkanes of at least 4 members (excludes halogenated alkanes) is 1. The topological polar surface area (TPSA) is 237 Å². The molecule has 48 heavy (non-hydrogen) atoms. The van der Waals surface area contributed by atoms with E-state index in [9.17, 15) is 24.3 Å². The number of nitrogens with two attached hydrogens (primary N) is 2. The van der Waals surface area contributed by atoms with Crippen molar-refractivity contribution >= 4 is 45.5 Å². The lowest BCUT2D eigenvalue weighted by atomic mass is 10.0. The second-order valence-electron chi connectivity index (χ2n) is 11.8. The number of H-pyrrole nitrogens is 3. The molecular weight excluding hydrogens is 614 g/mol. The first kappa shape index (κ1) is 33.9. The molecule has 2 aromatic carbocycles. The van der Waals surface area contributed by atoms with E-state index in [1.807, 2.05) is 48.5 Å². The molecule has 0 bridgehead atoms. The van der Waals surface area contributed by atoms with Crippen LogP contribution in [0.3, 0.4) is 0 Å². The van der Waals surface area contributed by atoms with Crippen LogP contribution < -0.4 is 27.4 Å². The average molecular weight is 656 g/mol. The first-order valence-corrected chi connectivity index (χ1v) is 15.9. The van der Waals surface area contributed by atoms with Crippen molar-refractivity contribution in [1.82, 2.24) is 35.9 Å². The molecule has 14 heteroatoms. The number of hydrogen-bond acceptors (Lipinski definition) is 7. The number of carbonyl (C=O) groups excluding carboxylic acids is 3. The second-order valence-corrected chi connectivity index (χ2v) is 11.8. The van der Waals surface area contributed by atoms with E-state index in [4.69, 9.17) is 11.5 Å². The van der Waals surface area contributed by atoms with Gasteiger partial charge in [-0.1, -0.05) is 36.4 Å². The molecule has 0 spiro atoms. The van der Waals surface area contributed by atoms with Gasteiger partial charge in [-0.3, -0.25) is 14.4 Å². The maximum Gasteiger partial charge on any atom is 0.326 e. The maximum atomic E-state index is 13.9. The largest absolute Gasteiger partial charge is 0.480 e. The summed E-state index contributed by atoms with van der Waals surface area (Å²) in [7, 11) is 0. The minimum absolute atomic E-state index is 0.0373. The summed E-state index contributed by atoms with van der Waals surface area (Å²) in [5.41, 5.74) is 15.8. The first-order valence-electron chi connectivity index (χ1n) is 15.9. The Morgan fingerprint density at radius 2 is 1.29 bits per heavy atom. The third-order valence-corrected chi connectivity index (χ3v) is 8.36. The minimum atomic E-state index is -1.19. The van der Waals surface area contributed by atoms with Crippen LogP contribution >= 0.6 is 0 Å². The molecule has 0 aliphatic heterocycles. The van der Waals surface area contributed by atoms with Crippen LogP contribution in [0.2, 0.25) is 0 Å². The van der Waals surface area contributed by atoms with Gasteiger partial charge in [0.05, 0.1) is 12.4 Å². The van der Waals surface area contributed by atoms with Crippen LogP contribution in [0.15, 0.2) is 73.4 Å². The zero-order chi connectivity index (χ0) is 34.0. The number of nitrogens with zero attached hydrogens (tertiary/aromatic N) is 1. The van der Waals surface area contributed by atoms with Crippen molar-refractivity contribution in [2.24, 2.45) is 11.5 Å². The lowest BCUT2D eigenvalue weighted by molar-refractivity contribution is -0.142. The van der Waals surface area contributed by atoms with Crippen molar-refractivity contribution in [2.75, 3.05) is 6.54 Å². The van der Waals surface area contributed by atoms with E-state index in [0.717, 1.165) is 32.9 Å². The Hall–Kier alpha value is -5.47. The number of aliphatic carboxylic acids is 1. The minimum Gasteiger partial charge on any atom is -0.480 e. The molecule has 5 rings (SSSR count). The molecule has 0 saturated carbocycles. The quantitative estimate of drug-likeness (QED) is 0.0662. The number of hydrogen-bond donors (Lipinski definition) is 9. The lowest BCUT2D eigenvalue weighted by Gasteiger charge is -2.25. The molecule has 0 fully saturated rings. The van der Waals surface area contributed by atoms with E-state index in [1.54, 1.807) is 12.4 Å². The molecule has 3 aromatic heterocycles. The number of carbonyl (C=O) groups is 4. The van der Waals surface area contributed by atoms with E-state index < -0.39 is 47.9 Å². The van der Waals surface area contributed by atoms with Gasteiger partial charge in [-0.25, -0.2) is 9.78 Å². The summed E-state index contributed by atoms with van der Waals surface area (Å²) in [4.78, 5) is 66.3. The fraction of sp³-hybridized carbons (Fsp3) is 0.324. The maximum absolute atomic E-state index is 13.9. The van der Waals surface area contributed by atoms with Crippen molar-refractivity contribution in [3.63, 3.8) is 0 Å². The Balaban J connectivity index is 1.35. The number of fused-ring (bicyclic) bond motifs is 2. The molecule has 3 amide bonds. The van der Waals surface area contributed by atoms with Crippen LogP contribution in [0.25, 0.3) is 21.8 Å². The van der Waals surface area contributed by atoms with Crippen molar-refractivity contribution in [3.05, 3.63) is 90.3 Å². The summed E-state index contributed by atoms with van der Waals surface area (Å²) in [6.07, 6.45) is 8.15. The second kappa shape index (κ2) is 15.9. The smallest absolute Gasteiger partial charge is 0.326 e. The van der Waals surface area contributed by atoms with E-state index >= 15 is 0 Å². The third kappa shape index (κ3) is 8.46. The molecular formula is C34H41N9O5. The van der Waals surface area contributed by atoms with Crippen LogP contribution in [-0.2, 0) is 38.4 Å². The van der Waals surface area contributed by atoms with Gasteiger partial charge in [-0.2, -0.15) is 0 Å². The van der Waals surface area contributed by atoms with Gasteiger partial charge >= 0.3 is 5.97 Å². The van der Waals surface area contributed by atoms with E-state index in [2.05, 4.69) is 35.9 Å². The summed E-state index contributed by atoms with van der Waals surface area (Å²) in [5, 5.41) is 19.8. The Bertz CT molecular complexity index is 1850. The van der Waals surface area contributed by atoms with Crippen LogP contribution in [0.5, 0.6) is 0 Å². The number of rotatable bonds is 17. The molecule has 0 aliphatic rings. The molecule has 0 saturated heterocycles. The van der Waals surface area contributed by atoms with Gasteiger partial charge in [0, 0.05) is 58.9 Å². The highest BCUT2D eigenvalue weighted by atomic mass is 16.4. The highest BCUT2D eigenvalue weighted by Gasteiger charge is 2.31. The van der Waals surface area contributed by atoms with Gasteiger partial charge in [0.15, 0.2) is 0 Å². The monoisotopic (exact) mass is 655 g/mol. The van der Waals surface area contributed by atoms with Crippen molar-refractivity contribution in [1.29, 1.82) is 0 Å². The predicted molar refractivity (Wildman–Crippen MR) is 181 cm³/mol. The van der Waals surface area contributed by atoms with E-state index in [1.165, 1.54) is 12.5 Å². The number of para-hydroxylation sites is 2. The number of nitrogens with one attached hydrogen (secondary N) is 6. The Labute approximate surface area is 276 Å².